The molecular formula is C37H30Br2N4O2. The number of amides is 2. The second kappa shape index (κ2) is 12.9. The first-order valence-corrected chi connectivity index (χ1v) is 16.1. The minimum Gasteiger partial charge on any atom is -0.351 e. The molecule has 0 aliphatic carbocycles. The van der Waals surface area contributed by atoms with Crippen LogP contribution in [0.5, 0.6) is 0 Å². The molecule has 2 heterocycles. The SMILES string of the molecule is CC(C)(CNC(=O)c1cc(-c2ccc(Br)cc2)nc2ccccc12)CNC(=O)c1cc(-c2ccc(Br)cc2)nc2ccccc12. The summed E-state index contributed by atoms with van der Waals surface area (Å²) in [5.74, 6) is -0.378. The van der Waals surface area contributed by atoms with E-state index >= 15 is 0 Å². The first-order valence-electron chi connectivity index (χ1n) is 14.5. The van der Waals surface area contributed by atoms with Crippen molar-refractivity contribution in [2.24, 2.45) is 5.41 Å². The van der Waals surface area contributed by atoms with Crippen molar-refractivity contribution in [3.8, 4) is 22.5 Å². The molecule has 6 aromatic rings. The van der Waals surface area contributed by atoms with Crippen LogP contribution >= 0.6 is 31.9 Å². The Balaban J connectivity index is 1.19. The van der Waals surface area contributed by atoms with Crippen LogP contribution in [0.25, 0.3) is 44.3 Å². The van der Waals surface area contributed by atoms with E-state index in [1.807, 2.05) is 123 Å². The van der Waals surface area contributed by atoms with E-state index < -0.39 is 5.41 Å². The molecule has 0 unspecified atom stereocenters. The van der Waals surface area contributed by atoms with Gasteiger partial charge in [-0.1, -0.05) is 106 Å². The van der Waals surface area contributed by atoms with E-state index in [4.69, 9.17) is 9.97 Å². The lowest BCUT2D eigenvalue weighted by Gasteiger charge is -2.26. The van der Waals surface area contributed by atoms with Crippen LogP contribution in [0.1, 0.15) is 34.6 Å². The number of pyridine rings is 2. The summed E-state index contributed by atoms with van der Waals surface area (Å²) in [4.78, 5) is 36.8. The van der Waals surface area contributed by atoms with Gasteiger partial charge in [0, 0.05) is 43.9 Å². The number of halogens is 2. The molecule has 2 N–H and O–H groups in total. The van der Waals surface area contributed by atoms with Gasteiger partial charge in [0.1, 0.15) is 0 Å². The molecule has 0 saturated heterocycles. The van der Waals surface area contributed by atoms with E-state index in [0.717, 1.165) is 53.3 Å². The summed E-state index contributed by atoms with van der Waals surface area (Å²) in [7, 11) is 0. The number of fused-ring (bicyclic) bond motifs is 2. The number of benzene rings is 4. The minimum absolute atomic E-state index is 0.189. The number of hydrogen-bond acceptors (Lipinski definition) is 4. The first kappa shape index (κ1) is 30.6. The molecule has 0 atom stereocenters. The zero-order valence-electron chi connectivity index (χ0n) is 24.8. The van der Waals surface area contributed by atoms with E-state index in [9.17, 15) is 9.59 Å². The summed E-state index contributed by atoms with van der Waals surface area (Å²) in [6.07, 6.45) is 0. The van der Waals surface area contributed by atoms with Crippen molar-refractivity contribution >= 4 is 65.5 Å². The van der Waals surface area contributed by atoms with Crippen LogP contribution in [-0.2, 0) is 0 Å². The Labute approximate surface area is 278 Å². The van der Waals surface area contributed by atoms with Gasteiger partial charge in [0.05, 0.1) is 33.5 Å². The Morgan fingerprint density at radius 3 is 1.38 bits per heavy atom. The Hall–Kier alpha value is -4.40. The van der Waals surface area contributed by atoms with E-state index in [1.54, 1.807) is 0 Å². The number of para-hydroxylation sites is 2. The fourth-order valence-electron chi connectivity index (χ4n) is 5.16. The van der Waals surface area contributed by atoms with Gasteiger partial charge < -0.3 is 10.6 Å². The number of rotatable bonds is 8. The number of hydrogen-bond donors (Lipinski definition) is 2. The zero-order chi connectivity index (χ0) is 31.6. The monoisotopic (exact) mass is 720 g/mol. The Morgan fingerprint density at radius 1 is 0.600 bits per heavy atom. The number of carbonyl (C=O) groups is 2. The van der Waals surface area contributed by atoms with Crippen molar-refractivity contribution in [3.05, 3.63) is 129 Å². The van der Waals surface area contributed by atoms with Gasteiger partial charge in [-0.3, -0.25) is 9.59 Å². The highest BCUT2D eigenvalue weighted by atomic mass is 79.9. The second-order valence-corrected chi connectivity index (χ2v) is 13.5. The standard InChI is InChI=1S/C37H30Br2N4O2/c1-37(2,21-40-35(44)29-19-33(23-11-15-25(38)16-12-23)42-31-9-5-3-7-27(29)31)22-41-36(45)30-20-34(24-13-17-26(39)18-14-24)43-32-10-6-4-8-28(30)32/h3-20H,21-22H2,1-2H3,(H,40,44)(H,41,45). The van der Waals surface area contributed by atoms with Crippen molar-refractivity contribution < 1.29 is 9.59 Å². The van der Waals surface area contributed by atoms with E-state index in [0.29, 0.717) is 24.2 Å². The number of nitrogens with zero attached hydrogens (tertiary/aromatic N) is 2. The molecular weight excluding hydrogens is 692 g/mol. The predicted molar refractivity (Wildman–Crippen MR) is 188 cm³/mol. The van der Waals surface area contributed by atoms with Gasteiger partial charge in [0.25, 0.3) is 11.8 Å². The lowest BCUT2D eigenvalue weighted by atomic mass is 9.92. The topological polar surface area (TPSA) is 84.0 Å². The van der Waals surface area contributed by atoms with Crippen LogP contribution in [-0.4, -0.2) is 34.9 Å². The number of carbonyl (C=O) groups excluding carboxylic acids is 2. The smallest absolute Gasteiger partial charge is 0.252 e. The molecule has 2 amide bonds. The lowest BCUT2D eigenvalue weighted by Crippen LogP contribution is -2.42. The molecule has 0 radical (unpaired) electrons. The van der Waals surface area contributed by atoms with Gasteiger partial charge in [0.15, 0.2) is 0 Å². The maximum Gasteiger partial charge on any atom is 0.252 e. The molecule has 6 rings (SSSR count). The average molecular weight is 722 g/mol. The van der Waals surface area contributed by atoms with Crippen molar-refractivity contribution in [1.82, 2.24) is 20.6 Å². The molecule has 0 aliphatic heterocycles. The summed E-state index contributed by atoms with van der Waals surface area (Å²) in [6, 6.07) is 34.7. The minimum atomic E-state index is -0.430. The van der Waals surface area contributed by atoms with Crippen molar-refractivity contribution in [2.45, 2.75) is 13.8 Å². The molecule has 0 bridgehead atoms. The second-order valence-electron chi connectivity index (χ2n) is 11.7. The Bertz CT molecular complexity index is 1890. The molecule has 2 aromatic heterocycles. The van der Waals surface area contributed by atoms with Crippen molar-refractivity contribution in [2.75, 3.05) is 13.1 Å². The van der Waals surface area contributed by atoms with Gasteiger partial charge >= 0.3 is 0 Å². The molecule has 0 fully saturated rings. The summed E-state index contributed by atoms with van der Waals surface area (Å²) < 4.78 is 1.95. The zero-order valence-corrected chi connectivity index (χ0v) is 27.9. The molecule has 45 heavy (non-hydrogen) atoms. The van der Waals surface area contributed by atoms with Crippen LogP contribution in [0, 0.1) is 5.41 Å². The third kappa shape index (κ3) is 6.97. The van der Waals surface area contributed by atoms with Crippen molar-refractivity contribution in [1.29, 1.82) is 0 Å². The van der Waals surface area contributed by atoms with Gasteiger partial charge in [-0.05, 0) is 53.9 Å². The highest BCUT2D eigenvalue weighted by Crippen LogP contribution is 2.28. The van der Waals surface area contributed by atoms with Crippen LogP contribution in [0.4, 0.5) is 0 Å². The van der Waals surface area contributed by atoms with E-state index in [2.05, 4.69) is 42.5 Å². The maximum atomic E-state index is 13.6. The van der Waals surface area contributed by atoms with Crippen LogP contribution in [0.3, 0.4) is 0 Å². The first-order chi connectivity index (χ1) is 21.7. The average Bonchev–Trinajstić information content (AvgIpc) is 3.06. The summed E-state index contributed by atoms with van der Waals surface area (Å²) in [5, 5.41) is 7.79. The van der Waals surface area contributed by atoms with Crippen molar-refractivity contribution in [3.63, 3.8) is 0 Å². The molecule has 0 spiro atoms. The third-order valence-corrected chi connectivity index (χ3v) is 8.71. The van der Waals surface area contributed by atoms with E-state index in [-0.39, 0.29) is 11.8 Å². The fraction of sp³-hybridized carbons (Fsp3) is 0.135. The summed E-state index contributed by atoms with van der Waals surface area (Å²) in [5.41, 5.74) is 5.49. The van der Waals surface area contributed by atoms with Crippen LogP contribution in [0.15, 0.2) is 118 Å². The largest absolute Gasteiger partial charge is 0.351 e. The number of nitrogens with one attached hydrogen (secondary N) is 2. The molecule has 6 nitrogen and oxygen atoms in total. The molecule has 0 saturated carbocycles. The Kier molecular flexibility index (Phi) is 8.79. The van der Waals surface area contributed by atoms with E-state index in [1.165, 1.54) is 0 Å². The fourth-order valence-corrected chi connectivity index (χ4v) is 5.68. The molecule has 4 aromatic carbocycles. The highest BCUT2D eigenvalue weighted by molar-refractivity contribution is 9.10. The van der Waals surface area contributed by atoms with Gasteiger partial charge in [-0.25, -0.2) is 9.97 Å². The lowest BCUT2D eigenvalue weighted by molar-refractivity contribution is 0.0921. The van der Waals surface area contributed by atoms with Crippen LogP contribution < -0.4 is 10.6 Å². The quantitative estimate of drug-likeness (QED) is 0.165. The number of aromatic nitrogens is 2. The molecule has 224 valence electrons. The maximum absolute atomic E-state index is 13.6. The summed E-state index contributed by atoms with van der Waals surface area (Å²) >= 11 is 6.96. The summed E-state index contributed by atoms with van der Waals surface area (Å²) in [6.45, 7) is 4.75. The van der Waals surface area contributed by atoms with Crippen LogP contribution in [0.2, 0.25) is 0 Å². The molecule has 8 heteroatoms. The molecule has 0 aliphatic rings. The normalized spacial score (nSPS) is 11.5. The Morgan fingerprint density at radius 2 is 0.978 bits per heavy atom. The van der Waals surface area contributed by atoms with Gasteiger partial charge in [-0.2, -0.15) is 0 Å². The predicted octanol–water partition coefficient (Wildman–Crippen LogP) is 8.83. The van der Waals surface area contributed by atoms with Gasteiger partial charge in [-0.15, -0.1) is 0 Å². The van der Waals surface area contributed by atoms with Gasteiger partial charge in [0.2, 0.25) is 0 Å². The third-order valence-electron chi connectivity index (χ3n) is 7.66. The highest BCUT2D eigenvalue weighted by Gasteiger charge is 2.23.